The first-order chi connectivity index (χ1) is 8.95. The van der Waals surface area contributed by atoms with Gasteiger partial charge < -0.3 is 9.64 Å². The van der Waals surface area contributed by atoms with E-state index in [2.05, 4.69) is 0 Å². The van der Waals surface area contributed by atoms with Crippen LogP contribution in [0.5, 0.6) is 0 Å². The summed E-state index contributed by atoms with van der Waals surface area (Å²) in [6.45, 7) is 4.97. The number of nitrogens with zero attached hydrogens (tertiary/aromatic N) is 1. The van der Waals surface area contributed by atoms with Crippen LogP contribution < -0.4 is 4.90 Å². The molecule has 19 heavy (non-hydrogen) atoms. The van der Waals surface area contributed by atoms with Gasteiger partial charge in [0.2, 0.25) is 0 Å². The molecule has 1 aliphatic heterocycles. The SMILES string of the molecule is COC1(C)CCCN(c2ccc(C(C)=O)cc2F)C1. The third-order valence-electron chi connectivity index (χ3n) is 3.85. The summed E-state index contributed by atoms with van der Waals surface area (Å²) in [6, 6.07) is 4.68. The van der Waals surface area contributed by atoms with Gasteiger partial charge in [-0.15, -0.1) is 0 Å². The molecule has 1 saturated heterocycles. The number of hydrogen-bond donors (Lipinski definition) is 0. The highest BCUT2D eigenvalue weighted by Crippen LogP contribution is 2.30. The van der Waals surface area contributed by atoms with Crippen LogP contribution in [0, 0.1) is 5.82 Å². The van der Waals surface area contributed by atoms with Crippen molar-refractivity contribution in [2.75, 3.05) is 25.1 Å². The minimum Gasteiger partial charge on any atom is -0.377 e. The molecule has 0 N–H and O–H groups in total. The van der Waals surface area contributed by atoms with Crippen LogP contribution in [-0.4, -0.2) is 31.6 Å². The van der Waals surface area contributed by atoms with E-state index in [1.807, 2.05) is 11.8 Å². The Bertz CT molecular complexity index is 489. The molecule has 1 aromatic rings. The quantitative estimate of drug-likeness (QED) is 0.787. The van der Waals surface area contributed by atoms with Crippen molar-refractivity contribution in [1.29, 1.82) is 0 Å². The lowest BCUT2D eigenvalue weighted by Crippen LogP contribution is -2.47. The molecule has 1 heterocycles. The van der Waals surface area contributed by atoms with Crippen LogP contribution in [-0.2, 0) is 4.74 Å². The van der Waals surface area contributed by atoms with Gasteiger partial charge in [-0.2, -0.15) is 0 Å². The number of carbonyl (C=O) groups excluding carboxylic acids is 1. The van der Waals surface area contributed by atoms with Crippen LogP contribution in [0.15, 0.2) is 18.2 Å². The number of halogens is 1. The van der Waals surface area contributed by atoms with Gasteiger partial charge in [-0.05, 0) is 44.9 Å². The fourth-order valence-electron chi connectivity index (χ4n) is 2.56. The van der Waals surface area contributed by atoms with Crippen molar-refractivity contribution in [1.82, 2.24) is 0 Å². The highest BCUT2D eigenvalue weighted by atomic mass is 19.1. The van der Waals surface area contributed by atoms with E-state index in [1.54, 1.807) is 19.2 Å². The third-order valence-corrected chi connectivity index (χ3v) is 3.85. The molecule has 2 rings (SSSR count). The summed E-state index contributed by atoms with van der Waals surface area (Å²) >= 11 is 0. The van der Waals surface area contributed by atoms with E-state index in [9.17, 15) is 9.18 Å². The minimum absolute atomic E-state index is 0.120. The number of methoxy groups -OCH3 is 1. The molecular formula is C15H20FNO2. The predicted octanol–water partition coefficient (Wildman–Crippen LogP) is 3.03. The Kier molecular flexibility index (Phi) is 3.90. The molecule has 3 nitrogen and oxygen atoms in total. The smallest absolute Gasteiger partial charge is 0.159 e. The molecule has 0 saturated carbocycles. The highest BCUT2D eigenvalue weighted by Gasteiger charge is 2.31. The summed E-state index contributed by atoms with van der Waals surface area (Å²) in [4.78, 5) is 13.2. The van der Waals surface area contributed by atoms with Crippen LogP contribution in [0.2, 0.25) is 0 Å². The topological polar surface area (TPSA) is 29.5 Å². The molecule has 1 fully saturated rings. The zero-order valence-electron chi connectivity index (χ0n) is 11.7. The molecular weight excluding hydrogens is 245 g/mol. The van der Waals surface area contributed by atoms with E-state index >= 15 is 0 Å². The first kappa shape index (κ1) is 14.0. The molecule has 1 aliphatic rings. The first-order valence-corrected chi connectivity index (χ1v) is 6.56. The number of piperidine rings is 1. The number of rotatable bonds is 3. The van der Waals surface area contributed by atoms with Gasteiger partial charge in [0.05, 0.1) is 11.3 Å². The van der Waals surface area contributed by atoms with Gasteiger partial charge >= 0.3 is 0 Å². The predicted molar refractivity (Wildman–Crippen MR) is 73.3 cm³/mol. The molecule has 0 spiro atoms. The van der Waals surface area contributed by atoms with Gasteiger partial charge in [0, 0.05) is 25.8 Å². The Hall–Kier alpha value is -1.42. The van der Waals surface area contributed by atoms with Gasteiger partial charge in [0.15, 0.2) is 5.78 Å². The molecule has 1 atom stereocenters. The van der Waals surface area contributed by atoms with Crippen molar-refractivity contribution in [3.05, 3.63) is 29.6 Å². The monoisotopic (exact) mass is 265 g/mol. The molecule has 104 valence electrons. The van der Waals surface area contributed by atoms with E-state index in [-0.39, 0.29) is 17.2 Å². The standard InChI is InChI=1S/C15H20FNO2/c1-11(18)12-5-6-14(13(16)9-12)17-8-4-7-15(2,10-17)19-3/h5-6,9H,4,7-8,10H2,1-3H3. The molecule has 0 aliphatic carbocycles. The lowest BCUT2D eigenvalue weighted by molar-refractivity contribution is -0.00477. The second kappa shape index (κ2) is 5.29. The maximum absolute atomic E-state index is 14.1. The van der Waals surface area contributed by atoms with E-state index in [0.29, 0.717) is 17.8 Å². The van der Waals surface area contributed by atoms with Crippen LogP contribution in [0.3, 0.4) is 0 Å². The number of anilines is 1. The van der Waals surface area contributed by atoms with E-state index < -0.39 is 0 Å². The summed E-state index contributed by atoms with van der Waals surface area (Å²) < 4.78 is 19.6. The Morgan fingerprint density at radius 2 is 2.21 bits per heavy atom. The maximum atomic E-state index is 14.1. The van der Waals surface area contributed by atoms with Crippen molar-refractivity contribution in [2.24, 2.45) is 0 Å². The molecule has 1 unspecified atom stereocenters. The summed E-state index contributed by atoms with van der Waals surface area (Å²) in [6.07, 6.45) is 1.95. The van der Waals surface area contributed by atoms with Crippen LogP contribution >= 0.6 is 0 Å². The van der Waals surface area contributed by atoms with Crippen molar-refractivity contribution in [3.63, 3.8) is 0 Å². The van der Waals surface area contributed by atoms with Gasteiger partial charge in [0.1, 0.15) is 5.82 Å². The number of carbonyl (C=O) groups is 1. The largest absolute Gasteiger partial charge is 0.377 e. The van der Waals surface area contributed by atoms with E-state index in [0.717, 1.165) is 19.4 Å². The van der Waals surface area contributed by atoms with Crippen LogP contribution in [0.4, 0.5) is 10.1 Å². The average Bonchev–Trinajstić information content (AvgIpc) is 2.38. The van der Waals surface area contributed by atoms with Crippen molar-refractivity contribution < 1.29 is 13.9 Å². The van der Waals surface area contributed by atoms with Gasteiger partial charge in [-0.3, -0.25) is 4.79 Å². The molecule has 4 heteroatoms. The van der Waals surface area contributed by atoms with E-state index in [4.69, 9.17) is 4.74 Å². The van der Waals surface area contributed by atoms with Crippen LogP contribution in [0.25, 0.3) is 0 Å². The lowest BCUT2D eigenvalue weighted by Gasteiger charge is -2.40. The normalized spacial score (nSPS) is 23.5. The fraction of sp³-hybridized carbons (Fsp3) is 0.533. The summed E-state index contributed by atoms with van der Waals surface area (Å²) in [5, 5.41) is 0. The number of hydrogen-bond acceptors (Lipinski definition) is 3. The third kappa shape index (κ3) is 2.95. The van der Waals surface area contributed by atoms with Crippen LogP contribution in [0.1, 0.15) is 37.0 Å². The average molecular weight is 265 g/mol. The van der Waals surface area contributed by atoms with Gasteiger partial charge in [-0.25, -0.2) is 4.39 Å². The number of ketones is 1. The summed E-state index contributed by atoms with van der Waals surface area (Å²) in [7, 11) is 1.69. The fourth-order valence-corrected chi connectivity index (χ4v) is 2.56. The Labute approximate surface area is 113 Å². The lowest BCUT2D eigenvalue weighted by atomic mass is 9.94. The Morgan fingerprint density at radius 3 is 2.79 bits per heavy atom. The van der Waals surface area contributed by atoms with Crippen molar-refractivity contribution >= 4 is 11.5 Å². The number of Topliss-reactive ketones (excluding diaryl/α,β-unsaturated/α-hetero) is 1. The zero-order chi connectivity index (χ0) is 14.0. The summed E-state index contributed by atoms with van der Waals surface area (Å²) in [5.41, 5.74) is 0.727. The van der Waals surface area contributed by atoms with Crippen molar-refractivity contribution in [2.45, 2.75) is 32.3 Å². The molecule has 0 aromatic heterocycles. The molecule has 0 radical (unpaired) electrons. The Balaban J connectivity index is 2.24. The summed E-state index contributed by atoms with van der Waals surface area (Å²) in [5.74, 6) is -0.459. The van der Waals surface area contributed by atoms with E-state index in [1.165, 1.54) is 13.0 Å². The molecule has 1 aromatic carbocycles. The molecule has 0 amide bonds. The van der Waals surface area contributed by atoms with Gasteiger partial charge in [-0.1, -0.05) is 0 Å². The molecule has 0 bridgehead atoms. The minimum atomic E-state index is -0.340. The first-order valence-electron chi connectivity index (χ1n) is 6.56. The van der Waals surface area contributed by atoms with Crippen molar-refractivity contribution in [3.8, 4) is 0 Å². The highest BCUT2D eigenvalue weighted by molar-refractivity contribution is 5.94. The number of ether oxygens (including phenoxy) is 1. The maximum Gasteiger partial charge on any atom is 0.159 e. The van der Waals surface area contributed by atoms with Gasteiger partial charge in [0.25, 0.3) is 0 Å². The zero-order valence-corrected chi connectivity index (χ0v) is 11.7. The Morgan fingerprint density at radius 1 is 1.47 bits per heavy atom. The second-order valence-corrected chi connectivity index (χ2v) is 5.40. The second-order valence-electron chi connectivity index (χ2n) is 5.40. The number of benzene rings is 1.